The zero-order valence-electron chi connectivity index (χ0n) is 12.1. The predicted octanol–water partition coefficient (Wildman–Crippen LogP) is 1.68. The Hall–Kier alpha value is -1.72. The zero-order valence-corrected chi connectivity index (χ0v) is 12.1. The fraction of sp³-hybridized carbons (Fsp3) is 0.467. The van der Waals surface area contributed by atoms with Gasteiger partial charge in [-0.25, -0.2) is 4.68 Å². The van der Waals surface area contributed by atoms with Gasteiger partial charge in [-0.15, -0.1) is 5.10 Å². The normalized spacial score (nSPS) is 12.6. The summed E-state index contributed by atoms with van der Waals surface area (Å²) in [5, 5.41) is 20.3. The van der Waals surface area contributed by atoms with Crippen molar-refractivity contribution in [1.82, 2.24) is 20.3 Å². The summed E-state index contributed by atoms with van der Waals surface area (Å²) in [5.41, 5.74) is 3.51. The first-order valence-electron chi connectivity index (χ1n) is 7.05. The Bertz CT molecular complexity index is 521. The first kappa shape index (κ1) is 14.7. The maximum absolute atomic E-state index is 8.83. The number of aliphatic hydroxyl groups is 1. The van der Waals surface area contributed by atoms with Crippen molar-refractivity contribution >= 4 is 0 Å². The monoisotopic (exact) mass is 274 g/mol. The third-order valence-corrected chi connectivity index (χ3v) is 3.39. The number of hydrogen-bond donors (Lipinski definition) is 2. The summed E-state index contributed by atoms with van der Waals surface area (Å²) in [6.45, 7) is 5.53. The first-order chi connectivity index (χ1) is 9.72. The summed E-state index contributed by atoms with van der Waals surface area (Å²) in [7, 11) is 0. The Morgan fingerprint density at radius 1 is 1.30 bits per heavy atom. The second-order valence-corrected chi connectivity index (χ2v) is 4.89. The van der Waals surface area contributed by atoms with Crippen molar-refractivity contribution in [3.05, 3.63) is 47.3 Å². The molecule has 2 aromatic rings. The third kappa shape index (κ3) is 3.88. The van der Waals surface area contributed by atoms with Crippen LogP contribution in [-0.2, 0) is 19.5 Å². The van der Waals surface area contributed by atoms with E-state index in [2.05, 4.69) is 53.7 Å². The van der Waals surface area contributed by atoms with Gasteiger partial charge in [-0.3, -0.25) is 0 Å². The van der Waals surface area contributed by atoms with Gasteiger partial charge in [-0.1, -0.05) is 36.4 Å². The molecule has 5 nitrogen and oxygen atoms in total. The van der Waals surface area contributed by atoms with Gasteiger partial charge in [0.25, 0.3) is 0 Å². The molecule has 1 unspecified atom stereocenters. The quantitative estimate of drug-likeness (QED) is 0.806. The lowest BCUT2D eigenvalue weighted by Crippen LogP contribution is -2.18. The number of aliphatic hydroxyl groups excluding tert-OH is 1. The summed E-state index contributed by atoms with van der Waals surface area (Å²) >= 11 is 0. The lowest BCUT2D eigenvalue weighted by Gasteiger charge is -2.13. The lowest BCUT2D eigenvalue weighted by molar-refractivity contribution is 0.268. The average molecular weight is 274 g/mol. The van der Waals surface area contributed by atoms with Crippen molar-refractivity contribution in [1.29, 1.82) is 0 Å². The topological polar surface area (TPSA) is 63.0 Å². The molecular weight excluding hydrogens is 252 g/mol. The minimum atomic E-state index is 0.0798. The van der Waals surface area contributed by atoms with Crippen molar-refractivity contribution < 1.29 is 5.11 Å². The molecular formula is C15H22N4O. The largest absolute Gasteiger partial charge is 0.394 e. The molecule has 0 radical (unpaired) electrons. The highest BCUT2D eigenvalue weighted by Gasteiger charge is 2.06. The summed E-state index contributed by atoms with van der Waals surface area (Å²) in [4.78, 5) is 0. The van der Waals surface area contributed by atoms with Gasteiger partial charge in [-0.2, -0.15) is 0 Å². The zero-order chi connectivity index (χ0) is 14.4. The van der Waals surface area contributed by atoms with E-state index in [4.69, 9.17) is 5.11 Å². The number of nitrogens with one attached hydrogen (secondary N) is 1. The number of hydrogen-bond acceptors (Lipinski definition) is 4. The molecule has 1 aromatic carbocycles. The van der Waals surface area contributed by atoms with Gasteiger partial charge in [0.15, 0.2) is 0 Å². The van der Waals surface area contributed by atoms with Crippen LogP contribution in [0.1, 0.15) is 36.7 Å². The molecule has 108 valence electrons. The summed E-state index contributed by atoms with van der Waals surface area (Å²) in [6, 6.07) is 8.94. The Morgan fingerprint density at radius 2 is 2.05 bits per heavy atom. The fourth-order valence-electron chi connectivity index (χ4n) is 2.05. The van der Waals surface area contributed by atoms with Crippen LogP contribution in [0.2, 0.25) is 0 Å². The Labute approximate surface area is 119 Å². The molecule has 5 heteroatoms. The number of rotatable bonds is 7. The van der Waals surface area contributed by atoms with Crippen molar-refractivity contribution in [3.8, 4) is 0 Å². The fourth-order valence-corrected chi connectivity index (χ4v) is 2.05. The molecule has 1 aromatic heterocycles. The van der Waals surface area contributed by atoms with Crippen LogP contribution < -0.4 is 5.32 Å². The molecule has 0 fully saturated rings. The average Bonchev–Trinajstić information content (AvgIpc) is 2.93. The van der Waals surface area contributed by atoms with E-state index < -0.39 is 0 Å². The molecule has 2 rings (SSSR count). The summed E-state index contributed by atoms with van der Waals surface area (Å²) in [5.74, 6) is 0. The van der Waals surface area contributed by atoms with E-state index in [1.165, 1.54) is 11.1 Å². The second kappa shape index (κ2) is 7.17. The van der Waals surface area contributed by atoms with Gasteiger partial charge in [0, 0.05) is 18.8 Å². The van der Waals surface area contributed by atoms with Crippen LogP contribution in [0.5, 0.6) is 0 Å². The van der Waals surface area contributed by atoms with Crippen LogP contribution in [0.3, 0.4) is 0 Å². The standard InChI is InChI=1S/C15H22N4O/c1-3-13-4-6-14(7-5-13)12(2)16-10-15-11-19(8-9-20)18-17-15/h4-7,11-12,16,20H,3,8-10H2,1-2H3. The highest BCUT2D eigenvalue weighted by molar-refractivity contribution is 5.24. The minimum Gasteiger partial charge on any atom is -0.394 e. The molecule has 0 amide bonds. The van der Waals surface area contributed by atoms with Crippen LogP contribution in [0, 0.1) is 0 Å². The van der Waals surface area contributed by atoms with Gasteiger partial charge >= 0.3 is 0 Å². The van der Waals surface area contributed by atoms with Crippen molar-refractivity contribution in [2.24, 2.45) is 0 Å². The molecule has 0 bridgehead atoms. The lowest BCUT2D eigenvalue weighted by atomic mass is 10.1. The van der Waals surface area contributed by atoms with Gasteiger partial charge in [-0.05, 0) is 24.5 Å². The molecule has 0 aliphatic heterocycles. The van der Waals surface area contributed by atoms with E-state index in [1.807, 2.05) is 6.20 Å². The number of aromatic nitrogens is 3. The molecule has 1 atom stereocenters. The molecule has 0 spiro atoms. The first-order valence-corrected chi connectivity index (χ1v) is 7.05. The van der Waals surface area contributed by atoms with Gasteiger partial charge in [0.05, 0.1) is 18.8 Å². The van der Waals surface area contributed by atoms with Crippen LogP contribution in [0.15, 0.2) is 30.5 Å². The number of nitrogens with zero attached hydrogens (tertiary/aromatic N) is 3. The number of aryl methyl sites for hydroxylation is 1. The molecule has 0 aliphatic carbocycles. The van der Waals surface area contributed by atoms with Crippen molar-refractivity contribution in [2.75, 3.05) is 6.61 Å². The smallest absolute Gasteiger partial charge is 0.0965 e. The van der Waals surface area contributed by atoms with E-state index in [9.17, 15) is 0 Å². The van der Waals surface area contributed by atoms with Crippen LogP contribution in [-0.4, -0.2) is 26.7 Å². The maximum Gasteiger partial charge on any atom is 0.0965 e. The molecule has 0 aliphatic rings. The molecule has 1 heterocycles. The highest BCUT2D eigenvalue weighted by atomic mass is 16.3. The predicted molar refractivity (Wildman–Crippen MR) is 78.2 cm³/mol. The van der Waals surface area contributed by atoms with Crippen LogP contribution >= 0.6 is 0 Å². The summed E-state index contributed by atoms with van der Waals surface area (Å²) in [6.07, 6.45) is 2.92. The highest BCUT2D eigenvalue weighted by Crippen LogP contribution is 2.14. The van der Waals surface area contributed by atoms with Gasteiger partial charge in [0.1, 0.15) is 0 Å². The van der Waals surface area contributed by atoms with E-state index in [1.54, 1.807) is 4.68 Å². The number of benzene rings is 1. The third-order valence-electron chi connectivity index (χ3n) is 3.39. The molecule has 2 N–H and O–H groups in total. The van der Waals surface area contributed by atoms with E-state index in [0.717, 1.165) is 12.1 Å². The second-order valence-electron chi connectivity index (χ2n) is 4.89. The Kier molecular flexibility index (Phi) is 5.26. The van der Waals surface area contributed by atoms with E-state index in [-0.39, 0.29) is 12.6 Å². The summed E-state index contributed by atoms with van der Waals surface area (Å²) < 4.78 is 1.65. The Balaban J connectivity index is 1.88. The van der Waals surface area contributed by atoms with E-state index in [0.29, 0.717) is 13.1 Å². The van der Waals surface area contributed by atoms with Crippen LogP contribution in [0.4, 0.5) is 0 Å². The minimum absolute atomic E-state index is 0.0798. The van der Waals surface area contributed by atoms with Gasteiger partial charge in [0.2, 0.25) is 0 Å². The van der Waals surface area contributed by atoms with Crippen LogP contribution in [0.25, 0.3) is 0 Å². The molecule has 0 saturated carbocycles. The SMILES string of the molecule is CCc1ccc(C(C)NCc2cn(CCO)nn2)cc1. The van der Waals surface area contributed by atoms with Gasteiger partial charge < -0.3 is 10.4 Å². The van der Waals surface area contributed by atoms with Crippen molar-refractivity contribution in [2.45, 2.75) is 39.4 Å². The molecule has 0 saturated heterocycles. The van der Waals surface area contributed by atoms with Crippen molar-refractivity contribution in [3.63, 3.8) is 0 Å². The maximum atomic E-state index is 8.83. The molecule has 20 heavy (non-hydrogen) atoms. The van der Waals surface area contributed by atoms with E-state index >= 15 is 0 Å². The Morgan fingerprint density at radius 3 is 2.70 bits per heavy atom.